The molecule has 2 atom stereocenters. The highest BCUT2D eigenvalue weighted by Gasteiger charge is 2.20. The van der Waals surface area contributed by atoms with Gasteiger partial charge in [-0.3, -0.25) is 13.8 Å². The molecule has 0 aromatic heterocycles. The van der Waals surface area contributed by atoms with Crippen LogP contribution in [0.4, 0.5) is 0 Å². The molecule has 0 saturated carbocycles. The highest BCUT2D eigenvalue weighted by molar-refractivity contribution is 7.86. The van der Waals surface area contributed by atoms with E-state index in [9.17, 15) is 13.8 Å². The van der Waals surface area contributed by atoms with Gasteiger partial charge < -0.3 is 9.84 Å². The molecule has 0 aliphatic rings. The zero-order chi connectivity index (χ0) is 12.6. The molecule has 0 aromatic carbocycles. The van der Waals surface area contributed by atoms with Crippen LogP contribution in [0.1, 0.15) is 33.1 Å². The summed E-state index contributed by atoms with van der Waals surface area (Å²) in [5.74, 6) is -1.18. The van der Waals surface area contributed by atoms with Gasteiger partial charge in [-0.05, 0) is 19.8 Å². The van der Waals surface area contributed by atoms with Gasteiger partial charge in [-0.25, -0.2) is 0 Å². The number of rotatable bonds is 8. The first-order chi connectivity index (χ1) is 7.49. The number of carboxylic acid groups (broad SMARTS) is 1. The minimum absolute atomic E-state index is 0.0253. The van der Waals surface area contributed by atoms with E-state index in [0.29, 0.717) is 13.0 Å². The fraction of sp³-hybridized carbons (Fsp3) is 0.800. The average Bonchev–Trinajstić information content (AvgIpc) is 2.24. The van der Waals surface area contributed by atoms with Crippen LogP contribution in [0.3, 0.4) is 0 Å². The summed E-state index contributed by atoms with van der Waals surface area (Å²) in [5, 5.41) is 7.72. The molecule has 0 amide bonds. The van der Waals surface area contributed by atoms with E-state index >= 15 is 0 Å². The first kappa shape index (κ1) is 15.1. The third kappa shape index (κ3) is 6.55. The molecule has 0 aromatic rings. The molecule has 1 N–H and O–H groups in total. The molecule has 16 heavy (non-hydrogen) atoms. The smallest absolute Gasteiger partial charge is 0.321 e. The van der Waals surface area contributed by atoms with Gasteiger partial charge >= 0.3 is 11.9 Å². The van der Waals surface area contributed by atoms with Crippen molar-refractivity contribution in [3.05, 3.63) is 0 Å². The van der Waals surface area contributed by atoms with E-state index in [1.165, 1.54) is 6.92 Å². The van der Waals surface area contributed by atoms with Gasteiger partial charge in [0.15, 0.2) is 0 Å². The van der Waals surface area contributed by atoms with E-state index in [2.05, 4.69) is 0 Å². The van der Waals surface area contributed by atoms with Gasteiger partial charge in [0, 0.05) is 23.0 Å². The van der Waals surface area contributed by atoms with Crippen molar-refractivity contribution in [1.82, 2.24) is 0 Å². The summed E-state index contributed by atoms with van der Waals surface area (Å²) < 4.78 is 16.4. The second-order valence-electron chi connectivity index (χ2n) is 3.39. The van der Waals surface area contributed by atoms with E-state index in [1.807, 2.05) is 6.92 Å². The van der Waals surface area contributed by atoms with Crippen LogP contribution < -0.4 is 0 Å². The van der Waals surface area contributed by atoms with Gasteiger partial charge in [0.25, 0.3) is 0 Å². The van der Waals surface area contributed by atoms with Gasteiger partial charge in [-0.1, -0.05) is 6.92 Å². The Hall–Kier alpha value is -0.910. The lowest BCUT2D eigenvalue weighted by atomic mass is 10.3. The molecule has 6 heteroatoms. The fourth-order valence-electron chi connectivity index (χ4n) is 0.970. The zero-order valence-electron chi connectivity index (χ0n) is 9.60. The molecule has 5 nitrogen and oxygen atoms in total. The molecular formula is C10H18O5S. The van der Waals surface area contributed by atoms with Crippen molar-refractivity contribution < 1.29 is 23.6 Å². The van der Waals surface area contributed by atoms with Crippen molar-refractivity contribution >= 4 is 22.7 Å². The number of carbonyl (C=O) groups is 2. The van der Waals surface area contributed by atoms with Crippen molar-refractivity contribution in [1.29, 1.82) is 0 Å². The van der Waals surface area contributed by atoms with Crippen LogP contribution in [0, 0.1) is 0 Å². The molecule has 0 saturated heterocycles. The first-order valence-electron chi connectivity index (χ1n) is 5.24. The predicted octanol–water partition coefficient (Wildman–Crippen LogP) is 0.942. The Morgan fingerprint density at radius 2 is 2.06 bits per heavy atom. The highest BCUT2D eigenvalue weighted by atomic mass is 32.2. The lowest BCUT2D eigenvalue weighted by Gasteiger charge is -2.10. The molecule has 2 unspecified atom stereocenters. The van der Waals surface area contributed by atoms with E-state index in [-0.39, 0.29) is 12.2 Å². The van der Waals surface area contributed by atoms with Gasteiger partial charge in [-0.2, -0.15) is 0 Å². The van der Waals surface area contributed by atoms with Gasteiger partial charge in [0.05, 0.1) is 6.61 Å². The normalized spacial score (nSPS) is 14.1. The maximum atomic E-state index is 11.5. The lowest BCUT2D eigenvalue weighted by molar-refractivity contribution is -0.142. The number of carbonyl (C=O) groups excluding carboxylic acids is 1. The SMILES string of the molecule is CCCOC(=O)C(C)S(=O)CCCC(=O)O. The molecule has 0 spiro atoms. The van der Waals surface area contributed by atoms with Crippen molar-refractivity contribution in [2.24, 2.45) is 0 Å². The van der Waals surface area contributed by atoms with E-state index in [4.69, 9.17) is 9.84 Å². The van der Waals surface area contributed by atoms with Crippen LogP contribution in [0.25, 0.3) is 0 Å². The van der Waals surface area contributed by atoms with Crippen molar-refractivity contribution in [3.8, 4) is 0 Å². The number of hydrogen-bond donors (Lipinski definition) is 1. The van der Waals surface area contributed by atoms with E-state index in [1.54, 1.807) is 0 Å². The molecule has 0 fully saturated rings. The highest BCUT2D eigenvalue weighted by Crippen LogP contribution is 2.03. The molecule has 0 aliphatic carbocycles. The van der Waals surface area contributed by atoms with Crippen molar-refractivity contribution in [3.63, 3.8) is 0 Å². The van der Waals surface area contributed by atoms with E-state index in [0.717, 1.165) is 6.42 Å². The minimum Gasteiger partial charge on any atom is -0.481 e. The van der Waals surface area contributed by atoms with Gasteiger partial charge in [0.2, 0.25) is 0 Å². The third-order valence-corrected chi connectivity index (χ3v) is 3.58. The number of aliphatic carboxylic acids is 1. The first-order valence-corrected chi connectivity index (χ1v) is 6.62. The van der Waals surface area contributed by atoms with Crippen LogP contribution in [0.5, 0.6) is 0 Å². The van der Waals surface area contributed by atoms with Crippen LogP contribution in [0.15, 0.2) is 0 Å². The molecular weight excluding hydrogens is 232 g/mol. The maximum Gasteiger partial charge on any atom is 0.321 e. The molecule has 0 heterocycles. The quantitative estimate of drug-likeness (QED) is 0.648. The topological polar surface area (TPSA) is 80.7 Å². The summed E-state index contributed by atoms with van der Waals surface area (Å²) in [6.45, 7) is 3.74. The third-order valence-electron chi connectivity index (χ3n) is 1.91. The Bertz CT molecular complexity index is 264. The van der Waals surface area contributed by atoms with Gasteiger partial charge in [-0.15, -0.1) is 0 Å². The van der Waals surface area contributed by atoms with Crippen molar-refractivity contribution in [2.45, 2.75) is 38.4 Å². The molecule has 0 radical (unpaired) electrons. The molecule has 0 bridgehead atoms. The van der Waals surface area contributed by atoms with E-state index < -0.39 is 28.0 Å². The average molecular weight is 250 g/mol. The number of hydrogen-bond acceptors (Lipinski definition) is 4. The molecule has 94 valence electrons. The predicted molar refractivity (Wildman–Crippen MR) is 60.6 cm³/mol. The number of carboxylic acids is 1. The summed E-state index contributed by atoms with van der Waals surface area (Å²) in [4.78, 5) is 21.5. The summed E-state index contributed by atoms with van der Waals surface area (Å²) in [6.07, 6.45) is 1.01. The van der Waals surface area contributed by atoms with Crippen molar-refractivity contribution in [2.75, 3.05) is 12.4 Å². The summed E-state index contributed by atoms with van der Waals surface area (Å²) in [7, 11) is -1.35. The lowest BCUT2D eigenvalue weighted by Crippen LogP contribution is -2.27. The minimum atomic E-state index is -1.35. The Morgan fingerprint density at radius 1 is 1.44 bits per heavy atom. The fourth-order valence-corrected chi connectivity index (χ4v) is 2.03. The Kier molecular flexibility index (Phi) is 7.80. The molecule has 0 rings (SSSR count). The second-order valence-corrected chi connectivity index (χ2v) is 5.27. The molecule has 0 aliphatic heterocycles. The van der Waals surface area contributed by atoms with Gasteiger partial charge in [0.1, 0.15) is 5.25 Å². The Balaban J connectivity index is 3.88. The Morgan fingerprint density at radius 3 is 2.56 bits per heavy atom. The summed E-state index contributed by atoms with van der Waals surface area (Å²) in [6, 6.07) is 0. The Labute approximate surface area is 97.6 Å². The number of ether oxygens (including phenoxy) is 1. The van der Waals surface area contributed by atoms with Crippen LogP contribution in [-0.2, 0) is 25.1 Å². The summed E-state index contributed by atoms with van der Waals surface area (Å²) in [5.41, 5.74) is 0. The standard InChI is InChI=1S/C10H18O5S/c1-3-6-15-10(13)8(2)16(14)7-4-5-9(11)12/h8H,3-7H2,1-2H3,(H,11,12). The second kappa shape index (κ2) is 8.27. The maximum absolute atomic E-state index is 11.5. The van der Waals surface area contributed by atoms with Crippen LogP contribution in [-0.4, -0.2) is 38.9 Å². The van der Waals surface area contributed by atoms with Crippen LogP contribution >= 0.6 is 0 Å². The van der Waals surface area contributed by atoms with Crippen LogP contribution in [0.2, 0.25) is 0 Å². The monoisotopic (exact) mass is 250 g/mol. The summed E-state index contributed by atoms with van der Waals surface area (Å²) >= 11 is 0. The largest absolute Gasteiger partial charge is 0.481 e. The number of esters is 1. The zero-order valence-corrected chi connectivity index (χ0v) is 10.4.